The van der Waals surface area contributed by atoms with Crippen molar-refractivity contribution in [2.24, 2.45) is 11.8 Å². The molecule has 3 aliphatic rings. The number of carbonyl (C=O) groups is 1. The van der Waals surface area contributed by atoms with E-state index in [2.05, 4.69) is 22.7 Å². The Morgan fingerprint density at radius 3 is 2.59 bits per heavy atom. The molecule has 2 N–H and O–H groups in total. The number of nitrogens with one attached hydrogen (secondary N) is 2. The molecule has 2 amide bonds. The SMILES string of the molecule is CNC(=O)Nc1ccc(S(=O)(=O)N(CC2CC2)C[C@H]2CCC3=C2[C@@H](C)c2cnn(-c4ccc(F)cc4)c2C3)c(Cl)c1. The second-order valence-corrected chi connectivity index (χ2v) is 13.6. The van der Waals surface area contributed by atoms with Crippen LogP contribution in [0.2, 0.25) is 5.02 Å². The molecule has 216 valence electrons. The van der Waals surface area contributed by atoms with Gasteiger partial charge in [0.05, 0.1) is 22.6 Å². The molecule has 3 aromatic rings. The van der Waals surface area contributed by atoms with Gasteiger partial charge in [-0.2, -0.15) is 9.40 Å². The number of halogens is 2. The lowest BCUT2D eigenvalue weighted by atomic mass is 9.80. The molecule has 1 aromatic heterocycles. The fraction of sp³-hybridized carbons (Fsp3) is 0.400. The highest BCUT2D eigenvalue weighted by Crippen LogP contribution is 2.48. The fourth-order valence-electron chi connectivity index (χ4n) is 6.30. The number of anilines is 1. The monoisotopic (exact) mass is 597 g/mol. The Morgan fingerprint density at radius 2 is 1.90 bits per heavy atom. The number of urea groups is 1. The molecule has 0 saturated heterocycles. The number of sulfonamides is 1. The van der Waals surface area contributed by atoms with Crippen molar-refractivity contribution in [1.82, 2.24) is 19.4 Å². The van der Waals surface area contributed by atoms with Crippen LogP contribution in [0.5, 0.6) is 0 Å². The van der Waals surface area contributed by atoms with E-state index in [9.17, 15) is 17.6 Å². The largest absolute Gasteiger partial charge is 0.341 e. The maximum atomic E-state index is 14.0. The smallest absolute Gasteiger partial charge is 0.318 e. The van der Waals surface area contributed by atoms with E-state index in [-0.39, 0.29) is 27.6 Å². The molecule has 8 nitrogen and oxygen atoms in total. The molecule has 2 atom stereocenters. The Bertz CT molecular complexity index is 1630. The van der Waals surface area contributed by atoms with Crippen molar-refractivity contribution in [1.29, 1.82) is 0 Å². The van der Waals surface area contributed by atoms with Gasteiger partial charge in [-0.3, -0.25) is 0 Å². The zero-order valence-electron chi connectivity index (χ0n) is 23.0. The summed E-state index contributed by atoms with van der Waals surface area (Å²) in [5.41, 5.74) is 6.17. The standard InChI is InChI=1S/C30H33ClFN5O3S/c1-18-25-15-34-37(24-10-7-22(32)8-11-24)27(25)13-20-5-6-21(29(18)20)17-36(16-19-3-4-19)41(39,40)28-12-9-23(14-26(28)31)35-30(38)33-2/h7-12,14-15,18-19,21H,3-6,13,16-17H2,1-2H3,(H2,33,35,38)/t18-,21+/m0/s1. The number of benzene rings is 2. The molecule has 11 heteroatoms. The van der Waals surface area contributed by atoms with E-state index >= 15 is 0 Å². The maximum absolute atomic E-state index is 14.0. The molecular weight excluding hydrogens is 565 g/mol. The number of amides is 2. The van der Waals surface area contributed by atoms with Gasteiger partial charge in [-0.1, -0.05) is 29.7 Å². The third-order valence-electron chi connectivity index (χ3n) is 8.55. The number of hydrogen-bond acceptors (Lipinski definition) is 4. The van der Waals surface area contributed by atoms with E-state index in [0.717, 1.165) is 49.0 Å². The average Bonchev–Trinajstić information content (AvgIpc) is 3.52. The van der Waals surface area contributed by atoms with Gasteiger partial charge in [-0.25, -0.2) is 22.3 Å². The van der Waals surface area contributed by atoms with E-state index in [0.29, 0.717) is 24.7 Å². The van der Waals surface area contributed by atoms with E-state index in [1.165, 1.54) is 42.5 Å². The van der Waals surface area contributed by atoms with Crippen LogP contribution < -0.4 is 10.6 Å². The summed E-state index contributed by atoms with van der Waals surface area (Å²) in [5, 5.41) is 9.82. The first kappa shape index (κ1) is 27.9. The number of allylic oxidation sites excluding steroid dienone is 1. The quantitative estimate of drug-likeness (QED) is 0.317. The number of aromatic nitrogens is 2. The topological polar surface area (TPSA) is 96.3 Å². The van der Waals surface area contributed by atoms with Crippen LogP contribution in [0, 0.1) is 17.7 Å². The summed E-state index contributed by atoms with van der Waals surface area (Å²) in [6.45, 7) is 3.05. The minimum Gasteiger partial charge on any atom is -0.341 e. The molecule has 1 fully saturated rings. The van der Waals surface area contributed by atoms with Crippen molar-refractivity contribution in [3.05, 3.63) is 81.9 Å². The Labute approximate surface area is 244 Å². The number of hydrogen-bond donors (Lipinski definition) is 2. The molecule has 0 unspecified atom stereocenters. The normalized spacial score (nSPS) is 20.2. The highest BCUT2D eigenvalue weighted by Gasteiger charge is 2.40. The Hall–Kier alpha value is -3.21. The van der Waals surface area contributed by atoms with Crippen molar-refractivity contribution in [2.75, 3.05) is 25.5 Å². The van der Waals surface area contributed by atoms with E-state index in [1.807, 2.05) is 10.9 Å². The maximum Gasteiger partial charge on any atom is 0.318 e. The lowest BCUT2D eigenvalue weighted by molar-refractivity contribution is 0.254. The van der Waals surface area contributed by atoms with Gasteiger partial charge in [0, 0.05) is 43.7 Å². The average molecular weight is 598 g/mol. The van der Waals surface area contributed by atoms with Crippen LogP contribution in [0.1, 0.15) is 49.8 Å². The van der Waals surface area contributed by atoms with Gasteiger partial charge in [0.25, 0.3) is 0 Å². The lowest BCUT2D eigenvalue weighted by Gasteiger charge is -2.31. The van der Waals surface area contributed by atoms with Crippen molar-refractivity contribution in [3.8, 4) is 5.69 Å². The predicted molar refractivity (Wildman–Crippen MR) is 156 cm³/mol. The van der Waals surface area contributed by atoms with Crippen LogP contribution >= 0.6 is 11.6 Å². The molecule has 0 radical (unpaired) electrons. The van der Waals surface area contributed by atoms with Gasteiger partial charge in [0.2, 0.25) is 10.0 Å². The third-order valence-corrected chi connectivity index (χ3v) is 10.9. The molecular formula is C30H33ClFN5O3S. The molecule has 0 bridgehead atoms. The van der Waals surface area contributed by atoms with Gasteiger partial charge < -0.3 is 10.6 Å². The van der Waals surface area contributed by atoms with Gasteiger partial charge in [0.15, 0.2) is 0 Å². The number of rotatable bonds is 8. The van der Waals surface area contributed by atoms with Crippen molar-refractivity contribution in [2.45, 2.75) is 49.8 Å². The van der Waals surface area contributed by atoms with E-state index in [1.54, 1.807) is 22.5 Å². The second kappa shape index (κ2) is 10.9. The molecule has 0 spiro atoms. The van der Waals surface area contributed by atoms with Crippen LogP contribution in [0.15, 0.2) is 64.7 Å². The van der Waals surface area contributed by atoms with Crippen LogP contribution in [-0.4, -0.2) is 48.7 Å². The summed E-state index contributed by atoms with van der Waals surface area (Å²) in [4.78, 5) is 11.7. The van der Waals surface area contributed by atoms with E-state index < -0.39 is 16.1 Å². The Balaban J connectivity index is 1.26. The van der Waals surface area contributed by atoms with Crippen LogP contribution in [0.25, 0.3) is 5.69 Å². The van der Waals surface area contributed by atoms with Crippen LogP contribution in [0.4, 0.5) is 14.9 Å². The van der Waals surface area contributed by atoms with Crippen LogP contribution in [0.3, 0.4) is 0 Å². The van der Waals surface area contributed by atoms with Gasteiger partial charge in [-0.05, 0) is 80.0 Å². The van der Waals surface area contributed by atoms with Gasteiger partial charge in [0.1, 0.15) is 10.7 Å². The number of carbonyl (C=O) groups excluding carboxylic acids is 1. The molecule has 1 heterocycles. The molecule has 0 aliphatic heterocycles. The van der Waals surface area contributed by atoms with Crippen molar-refractivity contribution < 1.29 is 17.6 Å². The summed E-state index contributed by atoms with van der Waals surface area (Å²) in [6, 6.07) is 10.5. The molecule has 41 heavy (non-hydrogen) atoms. The van der Waals surface area contributed by atoms with E-state index in [4.69, 9.17) is 11.6 Å². The highest BCUT2D eigenvalue weighted by molar-refractivity contribution is 7.89. The zero-order chi connectivity index (χ0) is 28.9. The van der Waals surface area contributed by atoms with Crippen LogP contribution in [-0.2, 0) is 16.4 Å². The first-order valence-electron chi connectivity index (χ1n) is 14.0. The van der Waals surface area contributed by atoms with Gasteiger partial charge in [-0.15, -0.1) is 0 Å². The molecule has 2 aromatic carbocycles. The minimum absolute atomic E-state index is 0.0500. The summed E-state index contributed by atoms with van der Waals surface area (Å²) in [5.74, 6) is 0.288. The summed E-state index contributed by atoms with van der Waals surface area (Å²) < 4.78 is 45.1. The summed E-state index contributed by atoms with van der Waals surface area (Å²) in [6.07, 6.45) is 6.50. The third kappa shape index (κ3) is 5.40. The zero-order valence-corrected chi connectivity index (χ0v) is 24.6. The Kier molecular flexibility index (Phi) is 7.42. The molecule has 6 rings (SSSR count). The molecule has 1 saturated carbocycles. The summed E-state index contributed by atoms with van der Waals surface area (Å²) >= 11 is 6.49. The highest BCUT2D eigenvalue weighted by atomic mass is 35.5. The summed E-state index contributed by atoms with van der Waals surface area (Å²) in [7, 11) is -2.37. The number of fused-ring (bicyclic) bond motifs is 1. The first-order valence-corrected chi connectivity index (χ1v) is 15.8. The first-order chi connectivity index (χ1) is 19.7. The van der Waals surface area contributed by atoms with Crippen molar-refractivity contribution in [3.63, 3.8) is 0 Å². The molecule has 3 aliphatic carbocycles. The fourth-order valence-corrected chi connectivity index (χ4v) is 8.38. The predicted octanol–water partition coefficient (Wildman–Crippen LogP) is 5.88. The minimum atomic E-state index is -3.87. The second-order valence-electron chi connectivity index (χ2n) is 11.2. The lowest BCUT2D eigenvalue weighted by Crippen LogP contribution is -2.37. The number of nitrogens with zero attached hydrogens (tertiary/aromatic N) is 3. The Morgan fingerprint density at radius 1 is 1.15 bits per heavy atom. The van der Waals surface area contributed by atoms with Gasteiger partial charge >= 0.3 is 6.03 Å². The van der Waals surface area contributed by atoms with Crippen molar-refractivity contribution >= 4 is 33.3 Å².